The molecule has 2 aromatic heterocycles. The quantitative estimate of drug-likeness (QED) is 0.745. The van der Waals surface area contributed by atoms with Gasteiger partial charge in [-0.15, -0.1) is 0 Å². The largest absolute Gasteiger partial charge is 0.303 e. The van der Waals surface area contributed by atoms with Crippen molar-refractivity contribution >= 4 is 6.29 Å². The van der Waals surface area contributed by atoms with Gasteiger partial charge in [0.25, 0.3) is 0 Å². The van der Waals surface area contributed by atoms with Gasteiger partial charge < -0.3 is 4.79 Å². The number of benzene rings is 1. The van der Waals surface area contributed by atoms with Crippen molar-refractivity contribution < 1.29 is 4.79 Å². The fraction of sp³-hybridized carbons (Fsp3) is 0.118. The Hall–Kier alpha value is -2.75. The van der Waals surface area contributed by atoms with E-state index >= 15 is 0 Å². The number of aromatic nitrogens is 3. The van der Waals surface area contributed by atoms with Gasteiger partial charge in [-0.2, -0.15) is 5.10 Å². The number of aldehydes is 1. The van der Waals surface area contributed by atoms with Crippen molar-refractivity contribution in [3.63, 3.8) is 0 Å². The molecule has 0 aliphatic rings. The molecule has 3 aromatic rings. The van der Waals surface area contributed by atoms with E-state index in [9.17, 15) is 4.79 Å². The Morgan fingerprint density at radius 1 is 1.14 bits per heavy atom. The molecule has 1 N–H and O–H groups in total. The maximum absolute atomic E-state index is 10.7. The van der Waals surface area contributed by atoms with Gasteiger partial charge in [-0.05, 0) is 24.6 Å². The highest BCUT2D eigenvalue weighted by Crippen LogP contribution is 2.32. The molecule has 4 heteroatoms. The fourth-order valence-corrected chi connectivity index (χ4v) is 2.42. The first kappa shape index (κ1) is 13.2. The van der Waals surface area contributed by atoms with E-state index in [1.807, 2.05) is 49.4 Å². The van der Waals surface area contributed by atoms with Crippen molar-refractivity contribution in [2.24, 2.45) is 0 Å². The molecule has 4 nitrogen and oxygen atoms in total. The lowest BCUT2D eigenvalue weighted by Crippen LogP contribution is -1.92. The van der Waals surface area contributed by atoms with Crippen LogP contribution < -0.4 is 0 Å². The van der Waals surface area contributed by atoms with Crippen LogP contribution in [0.3, 0.4) is 0 Å². The predicted molar refractivity (Wildman–Crippen MR) is 81.8 cm³/mol. The van der Waals surface area contributed by atoms with Gasteiger partial charge in [0, 0.05) is 35.1 Å². The van der Waals surface area contributed by atoms with Gasteiger partial charge in [0.05, 0.1) is 0 Å². The van der Waals surface area contributed by atoms with Gasteiger partial charge in [-0.25, -0.2) is 0 Å². The fourth-order valence-electron chi connectivity index (χ4n) is 2.42. The third-order valence-corrected chi connectivity index (χ3v) is 3.39. The molecule has 0 atom stereocenters. The van der Waals surface area contributed by atoms with Crippen molar-refractivity contribution in [1.82, 2.24) is 15.2 Å². The average Bonchev–Trinajstić information content (AvgIpc) is 2.90. The molecule has 0 radical (unpaired) electrons. The molecule has 0 aliphatic carbocycles. The van der Waals surface area contributed by atoms with Crippen molar-refractivity contribution in [3.8, 4) is 22.4 Å². The summed E-state index contributed by atoms with van der Waals surface area (Å²) in [7, 11) is 0. The Labute approximate surface area is 122 Å². The maximum atomic E-state index is 10.7. The number of carbonyl (C=O) groups excluding carboxylic acids is 1. The molecule has 0 unspecified atom stereocenters. The Morgan fingerprint density at radius 2 is 1.95 bits per heavy atom. The van der Waals surface area contributed by atoms with E-state index in [1.165, 1.54) is 0 Å². The van der Waals surface area contributed by atoms with Crippen molar-refractivity contribution in [3.05, 3.63) is 60.0 Å². The summed E-state index contributed by atoms with van der Waals surface area (Å²) < 4.78 is 0. The molecule has 0 fully saturated rings. The smallest absolute Gasteiger partial charge is 0.125 e. The molecule has 0 saturated heterocycles. The number of nitrogens with one attached hydrogen (secondary N) is 1. The van der Waals surface area contributed by atoms with Crippen LogP contribution in [0, 0.1) is 6.92 Å². The zero-order valence-electron chi connectivity index (χ0n) is 11.7. The minimum Gasteiger partial charge on any atom is -0.303 e. The number of nitrogens with zero attached hydrogens (tertiary/aromatic N) is 2. The number of aryl methyl sites for hydroxylation is 1. The summed E-state index contributed by atoms with van der Waals surface area (Å²) in [6, 6.07) is 13.9. The van der Waals surface area contributed by atoms with Gasteiger partial charge in [-0.3, -0.25) is 10.1 Å². The lowest BCUT2D eigenvalue weighted by Gasteiger charge is -2.06. The molecule has 2 heterocycles. The van der Waals surface area contributed by atoms with Crippen LogP contribution in [0.1, 0.15) is 11.4 Å². The molecular weight excluding hydrogens is 262 g/mol. The van der Waals surface area contributed by atoms with Crippen LogP contribution in [0.4, 0.5) is 0 Å². The minimum absolute atomic E-state index is 0.325. The first-order chi connectivity index (χ1) is 10.3. The zero-order chi connectivity index (χ0) is 14.7. The number of hydrogen-bond donors (Lipinski definition) is 1. The first-order valence-electron chi connectivity index (χ1n) is 6.79. The van der Waals surface area contributed by atoms with Gasteiger partial charge in [-0.1, -0.05) is 30.3 Å². The molecule has 0 aliphatic heterocycles. The summed E-state index contributed by atoms with van der Waals surface area (Å²) in [5, 5.41) is 7.47. The van der Waals surface area contributed by atoms with Gasteiger partial charge in [0.15, 0.2) is 0 Å². The van der Waals surface area contributed by atoms with E-state index in [0.717, 1.165) is 40.1 Å². The lowest BCUT2D eigenvalue weighted by atomic mass is 9.99. The molecule has 0 saturated carbocycles. The number of pyridine rings is 1. The molecular formula is C17H15N3O. The van der Waals surface area contributed by atoms with E-state index in [1.54, 1.807) is 6.20 Å². The summed E-state index contributed by atoms with van der Waals surface area (Å²) >= 11 is 0. The molecule has 0 bridgehead atoms. The Bertz CT molecular complexity index is 763. The highest BCUT2D eigenvalue weighted by Gasteiger charge is 2.14. The monoisotopic (exact) mass is 277 g/mol. The molecule has 0 spiro atoms. The van der Waals surface area contributed by atoms with Crippen molar-refractivity contribution in [1.29, 1.82) is 0 Å². The molecule has 3 rings (SSSR count). The highest BCUT2D eigenvalue weighted by molar-refractivity contribution is 5.82. The normalized spacial score (nSPS) is 10.5. The second-order valence-electron chi connectivity index (χ2n) is 4.84. The second-order valence-corrected chi connectivity index (χ2v) is 4.84. The van der Waals surface area contributed by atoms with Gasteiger partial charge in [0.1, 0.15) is 12.0 Å². The van der Waals surface area contributed by atoms with Crippen LogP contribution in [0.25, 0.3) is 22.4 Å². The van der Waals surface area contributed by atoms with Gasteiger partial charge in [0.2, 0.25) is 0 Å². The molecule has 0 amide bonds. The standard InChI is InChI=1S/C17H15N3O/c1-12-16(14-7-9-18-15(11-14)8-10-21)17(20-19-12)13-5-3-2-4-6-13/h2-7,9-11H,8H2,1H3,(H,19,20). The Morgan fingerprint density at radius 3 is 2.71 bits per heavy atom. The third-order valence-electron chi connectivity index (χ3n) is 3.39. The topological polar surface area (TPSA) is 58.6 Å². The Balaban J connectivity index is 2.13. The van der Waals surface area contributed by atoms with E-state index in [2.05, 4.69) is 15.2 Å². The number of H-pyrrole nitrogens is 1. The molecule has 1 aromatic carbocycles. The summed E-state index contributed by atoms with van der Waals surface area (Å²) in [6.45, 7) is 1.99. The molecule has 21 heavy (non-hydrogen) atoms. The summed E-state index contributed by atoms with van der Waals surface area (Å²) in [5.41, 5.74) is 5.81. The first-order valence-corrected chi connectivity index (χ1v) is 6.79. The number of rotatable bonds is 4. The van der Waals surface area contributed by atoms with Crippen LogP contribution in [0.2, 0.25) is 0 Å². The Kier molecular flexibility index (Phi) is 3.60. The maximum Gasteiger partial charge on any atom is 0.125 e. The van der Waals surface area contributed by atoms with Crippen LogP contribution >= 0.6 is 0 Å². The van der Waals surface area contributed by atoms with E-state index in [-0.39, 0.29) is 0 Å². The SMILES string of the molecule is Cc1[nH]nc(-c2ccccc2)c1-c1ccnc(CC=O)c1. The van der Waals surface area contributed by atoms with Crippen LogP contribution in [0.15, 0.2) is 48.7 Å². The summed E-state index contributed by atoms with van der Waals surface area (Å²) in [4.78, 5) is 14.9. The molecule has 104 valence electrons. The van der Waals surface area contributed by atoms with Crippen molar-refractivity contribution in [2.75, 3.05) is 0 Å². The summed E-state index contributed by atoms with van der Waals surface area (Å²) in [6.07, 6.45) is 2.92. The van der Waals surface area contributed by atoms with Gasteiger partial charge >= 0.3 is 0 Å². The zero-order valence-corrected chi connectivity index (χ0v) is 11.7. The predicted octanol–water partition coefficient (Wildman–Crippen LogP) is 3.19. The van der Waals surface area contributed by atoms with E-state index in [4.69, 9.17) is 0 Å². The third kappa shape index (κ3) is 2.60. The lowest BCUT2D eigenvalue weighted by molar-refractivity contribution is -0.107. The second kappa shape index (κ2) is 5.71. The van der Waals surface area contributed by atoms with E-state index in [0.29, 0.717) is 6.42 Å². The minimum atomic E-state index is 0.325. The van der Waals surface area contributed by atoms with Crippen LogP contribution in [-0.4, -0.2) is 21.5 Å². The van der Waals surface area contributed by atoms with Crippen LogP contribution in [0.5, 0.6) is 0 Å². The summed E-state index contributed by atoms with van der Waals surface area (Å²) in [5.74, 6) is 0. The average molecular weight is 277 g/mol. The number of aromatic amines is 1. The van der Waals surface area contributed by atoms with Crippen molar-refractivity contribution in [2.45, 2.75) is 13.3 Å². The van der Waals surface area contributed by atoms with E-state index < -0.39 is 0 Å². The number of hydrogen-bond acceptors (Lipinski definition) is 3. The number of carbonyl (C=O) groups is 1. The highest BCUT2D eigenvalue weighted by atomic mass is 16.1. The van der Waals surface area contributed by atoms with Crippen LogP contribution in [-0.2, 0) is 11.2 Å².